The lowest BCUT2D eigenvalue weighted by atomic mass is 10.1. The predicted molar refractivity (Wildman–Crippen MR) is 117 cm³/mol. The number of nitrogens with zero attached hydrogens (tertiary/aromatic N) is 2. The molecule has 7 heteroatoms. The summed E-state index contributed by atoms with van der Waals surface area (Å²) in [6, 6.07) is 18.1. The first-order chi connectivity index (χ1) is 13.4. The van der Waals surface area contributed by atoms with E-state index < -0.39 is 10.0 Å². The minimum atomic E-state index is -3.15. The molecule has 0 aliphatic heterocycles. The van der Waals surface area contributed by atoms with E-state index in [0.717, 1.165) is 11.3 Å². The number of rotatable bonds is 9. The number of benzene rings is 2. The van der Waals surface area contributed by atoms with Crippen LogP contribution in [-0.2, 0) is 16.6 Å². The van der Waals surface area contributed by atoms with E-state index in [9.17, 15) is 8.42 Å². The van der Waals surface area contributed by atoms with Crippen molar-refractivity contribution in [2.24, 2.45) is 4.99 Å². The van der Waals surface area contributed by atoms with Crippen molar-refractivity contribution in [3.63, 3.8) is 0 Å². The summed E-state index contributed by atoms with van der Waals surface area (Å²) in [4.78, 5) is 4.67. The molecule has 0 aliphatic rings. The molecule has 0 spiro atoms. The molecule has 0 heterocycles. The van der Waals surface area contributed by atoms with E-state index in [2.05, 4.69) is 46.8 Å². The highest BCUT2D eigenvalue weighted by atomic mass is 32.2. The first-order valence-electron chi connectivity index (χ1n) is 9.49. The third-order valence-corrected chi connectivity index (χ3v) is 5.65. The molecule has 0 atom stereocenters. The fourth-order valence-electron chi connectivity index (χ4n) is 2.68. The molecule has 0 saturated carbocycles. The Bertz CT molecular complexity index is 850. The van der Waals surface area contributed by atoms with Gasteiger partial charge in [0.05, 0.1) is 12.8 Å². The van der Waals surface area contributed by atoms with Crippen LogP contribution in [0.4, 0.5) is 5.69 Å². The van der Waals surface area contributed by atoms with Crippen LogP contribution in [0.2, 0.25) is 0 Å². The Morgan fingerprint density at radius 2 is 1.75 bits per heavy atom. The molecule has 0 fully saturated rings. The van der Waals surface area contributed by atoms with Crippen LogP contribution in [0.25, 0.3) is 0 Å². The summed E-state index contributed by atoms with van der Waals surface area (Å²) in [6.07, 6.45) is 1.94. The average Bonchev–Trinajstić information content (AvgIpc) is 2.67. The topological polar surface area (TPSA) is 73.8 Å². The fourth-order valence-corrected chi connectivity index (χ4v) is 3.61. The summed E-state index contributed by atoms with van der Waals surface area (Å²) in [5, 5.41) is 6.60. The Kier molecular flexibility index (Phi) is 8.47. The molecule has 0 aliphatic carbocycles. The number of hydrogen-bond acceptors (Lipinski definition) is 3. The number of anilines is 1. The van der Waals surface area contributed by atoms with Crippen LogP contribution in [-0.4, -0.2) is 44.6 Å². The van der Waals surface area contributed by atoms with Gasteiger partial charge in [-0.05, 0) is 31.0 Å². The largest absolute Gasteiger partial charge is 0.356 e. The van der Waals surface area contributed by atoms with Crippen LogP contribution >= 0.6 is 0 Å². The van der Waals surface area contributed by atoms with Gasteiger partial charge in [-0.3, -0.25) is 0 Å². The molecule has 0 aromatic heterocycles. The van der Waals surface area contributed by atoms with Gasteiger partial charge >= 0.3 is 0 Å². The van der Waals surface area contributed by atoms with Gasteiger partial charge in [0.15, 0.2) is 5.96 Å². The summed E-state index contributed by atoms with van der Waals surface area (Å²) in [5.41, 5.74) is 3.30. The van der Waals surface area contributed by atoms with Crippen LogP contribution in [0.15, 0.2) is 59.6 Å². The van der Waals surface area contributed by atoms with E-state index in [1.807, 2.05) is 37.3 Å². The SMILES string of the molecule is CCN(CCCNC(=NCc1ccc(C)cc1)Nc1ccccc1)S(C)(=O)=O. The lowest BCUT2D eigenvalue weighted by Gasteiger charge is -2.18. The second-order valence-electron chi connectivity index (χ2n) is 6.68. The molecule has 2 N–H and O–H groups in total. The molecule has 0 radical (unpaired) electrons. The third kappa shape index (κ3) is 7.70. The third-order valence-electron chi connectivity index (χ3n) is 4.28. The molecule has 2 aromatic carbocycles. The normalized spacial score (nSPS) is 12.2. The monoisotopic (exact) mass is 402 g/mol. The van der Waals surface area contributed by atoms with Crippen molar-refractivity contribution in [3.05, 3.63) is 65.7 Å². The van der Waals surface area contributed by atoms with Crippen molar-refractivity contribution < 1.29 is 8.42 Å². The summed E-state index contributed by atoms with van der Waals surface area (Å²) < 4.78 is 24.8. The van der Waals surface area contributed by atoms with Gasteiger partial charge in [0.1, 0.15) is 0 Å². The summed E-state index contributed by atoms with van der Waals surface area (Å²) in [6.45, 7) is 6.06. The van der Waals surface area contributed by atoms with Crippen molar-refractivity contribution in [3.8, 4) is 0 Å². The second-order valence-corrected chi connectivity index (χ2v) is 8.66. The van der Waals surface area contributed by atoms with E-state index >= 15 is 0 Å². The minimum Gasteiger partial charge on any atom is -0.356 e. The highest BCUT2D eigenvalue weighted by Gasteiger charge is 2.13. The number of guanidine groups is 1. The Morgan fingerprint density at radius 3 is 2.36 bits per heavy atom. The lowest BCUT2D eigenvalue weighted by molar-refractivity contribution is 0.424. The first kappa shape index (κ1) is 21.9. The predicted octanol–water partition coefficient (Wildman–Crippen LogP) is 3.22. The van der Waals surface area contributed by atoms with Crippen molar-refractivity contribution in [1.82, 2.24) is 9.62 Å². The van der Waals surface area contributed by atoms with Gasteiger partial charge in [0.2, 0.25) is 10.0 Å². The Hall–Kier alpha value is -2.38. The quantitative estimate of drug-likeness (QED) is 0.384. The summed E-state index contributed by atoms with van der Waals surface area (Å²) in [7, 11) is -3.15. The van der Waals surface area contributed by atoms with E-state index in [0.29, 0.717) is 38.6 Å². The van der Waals surface area contributed by atoms with Gasteiger partial charge in [0, 0.05) is 25.3 Å². The smallest absolute Gasteiger partial charge is 0.211 e. The van der Waals surface area contributed by atoms with Crippen molar-refractivity contribution in [1.29, 1.82) is 0 Å². The van der Waals surface area contributed by atoms with E-state index in [-0.39, 0.29) is 0 Å². The average molecular weight is 403 g/mol. The molecule has 0 bridgehead atoms. The fraction of sp³-hybridized carbons (Fsp3) is 0.381. The Labute approximate surface area is 168 Å². The van der Waals surface area contributed by atoms with Crippen LogP contribution in [0.3, 0.4) is 0 Å². The first-order valence-corrected chi connectivity index (χ1v) is 11.3. The molecule has 2 aromatic rings. The van der Waals surface area contributed by atoms with Crippen LogP contribution in [0.5, 0.6) is 0 Å². The molecular formula is C21H30N4O2S. The van der Waals surface area contributed by atoms with Gasteiger partial charge in [-0.25, -0.2) is 17.7 Å². The molecule has 6 nitrogen and oxygen atoms in total. The number of nitrogens with one attached hydrogen (secondary N) is 2. The van der Waals surface area contributed by atoms with Gasteiger partial charge in [-0.2, -0.15) is 0 Å². The number of para-hydroxylation sites is 1. The molecule has 152 valence electrons. The van der Waals surface area contributed by atoms with E-state index in [1.54, 1.807) is 0 Å². The molecule has 2 rings (SSSR count). The van der Waals surface area contributed by atoms with Gasteiger partial charge in [0.25, 0.3) is 0 Å². The van der Waals surface area contributed by atoms with E-state index in [1.165, 1.54) is 16.1 Å². The maximum absolute atomic E-state index is 11.7. The second kappa shape index (κ2) is 10.8. The summed E-state index contributed by atoms with van der Waals surface area (Å²) >= 11 is 0. The van der Waals surface area contributed by atoms with Crippen LogP contribution in [0, 0.1) is 6.92 Å². The zero-order valence-electron chi connectivity index (χ0n) is 16.9. The highest BCUT2D eigenvalue weighted by Crippen LogP contribution is 2.07. The summed E-state index contributed by atoms with van der Waals surface area (Å²) in [5.74, 6) is 0.675. The van der Waals surface area contributed by atoms with Crippen molar-refractivity contribution in [2.45, 2.75) is 26.8 Å². The number of hydrogen-bond donors (Lipinski definition) is 2. The van der Waals surface area contributed by atoms with Crippen molar-refractivity contribution >= 4 is 21.7 Å². The van der Waals surface area contributed by atoms with Gasteiger partial charge in [-0.15, -0.1) is 0 Å². The maximum Gasteiger partial charge on any atom is 0.211 e. The minimum absolute atomic E-state index is 0.482. The lowest BCUT2D eigenvalue weighted by Crippen LogP contribution is -2.35. The standard InChI is InChI=1S/C21H30N4O2S/c1-4-25(28(3,26)27)16-8-15-22-21(24-20-9-6-5-7-10-20)23-17-19-13-11-18(2)12-14-19/h5-7,9-14H,4,8,15-17H2,1-3H3,(H2,22,23,24). The van der Waals surface area contributed by atoms with E-state index in [4.69, 9.17) is 0 Å². The van der Waals surface area contributed by atoms with Crippen LogP contribution in [0.1, 0.15) is 24.5 Å². The number of sulfonamides is 1. The molecule has 0 unspecified atom stereocenters. The number of aliphatic imine (C=N–C) groups is 1. The molecule has 28 heavy (non-hydrogen) atoms. The molecule has 0 saturated heterocycles. The Balaban J connectivity index is 1.97. The highest BCUT2D eigenvalue weighted by molar-refractivity contribution is 7.88. The molecule has 0 amide bonds. The van der Waals surface area contributed by atoms with Gasteiger partial charge < -0.3 is 10.6 Å². The zero-order chi connectivity index (χ0) is 20.4. The zero-order valence-corrected chi connectivity index (χ0v) is 17.7. The molecular weight excluding hydrogens is 372 g/mol. The van der Waals surface area contributed by atoms with Crippen LogP contribution < -0.4 is 10.6 Å². The number of aryl methyl sites for hydroxylation is 1. The maximum atomic E-state index is 11.7. The van der Waals surface area contributed by atoms with Crippen molar-refractivity contribution in [2.75, 3.05) is 31.2 Å². The van der Waals surface area contributed by atoms with Gasteiger partial charge in [-0.1, -0.05) is 55.0 Å². The Morgan fingerprint density at radius 1 is 1.07 bits per heavy atom.